The molecule has 8 nitrogen and oxygen atoms in total. The first-order valence-electron chi connectivity index (χ1n) is 9.39. The molecular weight excluding hydrogens is 370 g/mol. The number of aromatic nitrogens is 2. The summed E-state index contributed by atoms with van der Waals surface area (Å²) in [4.78, 5) is 32.1. The number of carbonyl (C=O) groups is 2. The maximum atomic E-state index is 11.8. The molecule has 152 valence electrons. The zero-order chi connectivity index (χ0) is 21.0. The van der Waals surface area contributed by atoms with Crippen LogP contribution in [0.3, 0.4) is 0 Å². The minimum atomic E-state index is -0.535. The van der Waals surface area contributed by atoms with Crippen LogP contribution in [0.15, 0.2) is 36.7 Å². The van der Waals surface area contributed by atoms with E-state index in [9.17, 15) is 9.59 Å². The fourth-order valence-electron chi connectivity index (χ4n) is 2.92. The highest BCUT2D eigenvalue weighted by Gasteiger charge is 2.15. The van der Waals surface area contributed by atoms with Crippen molar-refractivity contribution in [1.82, 2.24) is 15.3 Å². The molecule has 2 aromatic heterocycles. The predicted molar refractivity (Wildman–Crippen MR) is 114 cm³/mol. The number of fused-ring (bicyclic) bond motifs is 3. The summed E-state index contributed by atoms with van der Waals surface area (Å²) in [6.07, 6.45) is 3.05. The minimum Gasteiger partial charge on any atom is -0.444 e. The zero-order valence-electron chi connectivity index (χ0n) is 17.0. The number of carbonyl (C=O) groups excluding carboxylic acids is 2. The van der Waals surface area contributed by atoms with Crippen molar-refractivity contribution < 1.29 is 14.3 Å². The lowest BCUT2D eigenvalue weighted by molar-refractivity contribution is -0.114. The molecule has 0 aliphatic carbocycles. The number of nitrogens with zero attached hydrogens (tertiary/aromatic N) is 2. The molecule has 1 aromatic carbocycles. The van der Waals surface area contributed by atoms with Gasteiger partial charge in [-0.05, 0) is 39.0 Å². The lowest BCUT2D eigenvalue weighted by Gasteiger charge is -2.19. The fraction of sp³-hybridized carbons (Fsp3) is 0.333. The lowest BCUT2D eigenvalue weighted by Crippen LogP contribution is -2.35. The maximum absolute atomic E-state index is 11.8. The van der Waals surface area contributed by atoms with Gasteiger partial charge in [0.2, 0.25) is 5.91 Å². The van der Waals surface area contributed by atoms with E-state index in [4.69, 9.17) is 9.72 Å². The van der Waals surface area contributed by atoms with E-state index < -0.39 is 11.7 Å². The SMILES string of the molecule is CC(=O)Nc1ccc2c(c1)nc(NCCNC(=O)OC(C)(C)C)c1ccncc12. The number of hydrogen-bond donors (Lipinski definition) is 3. The van der Waals surface area contributed by atoms with Gasteiger partial charge in [0, 0.05) is 54.3 Å². The van der Waals surface area contributed by atoms with Gasteiger partial charge in [-0.15, -0.1) is 0 Å². The van der Waals surface area contributed by atoms with Crippen molar-refractivity contribution in [3.8, 4) is 0 Å². The van der Waals surface area contributed by atoms with Gasteiger partial charge in [0.1, 0.15) is 11.4 Å². The summed E-state index contributed by atoms with van der Waals surface area (Å²) >= 11 is 0. The molecule has 0 aliphatic heterocycles. The summed E-state index contributed by atoms with van der Waals surface area (Å²) in [6.45, 7) is 7.78. The van der Waals surface area contributed by atoms with E-state index in [1.54, 1.807) is 12.4 Å². The van der Waals surface area contributed by atoms with Crippen LogP contribution in [0.1, 0.15) is 27.7 Å². The summed E-state index contributed by atoms with van der Waals surface area (Å²) in [7, 11) is 0. The van der Waals surface area contributed by atoms with Gasteiger partial charge in [0.05, 0.1) is 5.52 Å². The Kier molecular flexibility index (Phi) is 5.81. The predicted octanol–water partition coefficient (Wildman–Crippen LogP) is 3.68. The van der Waals surface area contributed by atoms with E-state index in [-0.39, 0.29) is 5.91 Å². The Labute approximate surface area is 169 Å². The number of anilines is 2. The topological polar surface area (TPSA) is 105 Å². The van der Waals surface area contributed by atoms with Gasteiger partial charge in [0.25, 0.3) is 0 Å². The summed E-state index contributed by atoms with van der Waals surface area (Å²) in [6, 6.07) is 7.49. The van der Waals surface area contributed by atoms with Crippen LogP contribution in [-0.2, 0) is 9.53 Å². The molecule has 2 amide bonds. The molecule has 0 radical (unpaired) electrons. The van der Waals surface area contributed by atoms with E-state index in [0.29, 0.717) is 24.6 Å². The van der Waals surface area contributed by atoms with Gasteiger partial charge < -0.3 is 20.7 Å². The van der Waals surface area contributed by atoms with Gasteiger partial charge in [-0.2, -0.15) is 0 Å². The van der Waals surface area contributed by atoms with Crippen LogP contribution < -0.4 is 16.0 Å². The number of ether oxygens (including phenoxy) is 1. The zero-order valence-corrected chi connectivity index (χ0v) is 17.0. The number of hydrogen-bond acceptors (Lipinski definition) is 6. The van der Waals surface area contributed by atoms with Crippen molar-refractivity contribution in [1.29, 1.82) is 0 Å². The third kappa shape index (κ3) is 5.31. The molecule has 0 aliphatic rings. The van der Waals surface area contributed by atoms with Crippen molar-refractivity contribution in [3.63, 3.8) is 0 Å². The van der Waals surface area contributed by atoms with Crippen LogP contribution in [0.25, 0.3) is 21.7 Å². The Morgan fingerprint density at radius 3 is 2.59 bits per heavy atom. The average molecular weight is 395 g/mol. The molecule has 3 aromatic rings. The quantitative estimate of drug-likeness (QED) is 0.450. The molecule has 2 heterocycles. The first-order valence-corrected chi connectivity index (χ1v) is 9.39. The molecule has 0 saturated heterocycles. The second-order valence-electron chi connectivity index (χ2n) is 7.65. The largest absolute Gasteiger partial charge is 0.444 e. The highest BCUT2D eigenvalue weighted by atomic mass is 16.6. The number of pyridine rings is 2. The van der Waals surface area contributed by atoms with E-state index in [0.717, 1.165) is 21.7 Å². The van der Waals surface area contributed by atoms with Crippen molar-refractivity contribution in [3.05, 3.63) is 36.7 Å². The number of rotatable bonds is 5. The molecule has 0 spiro atoms. The van der Waals surface area contributed by atoms with Gasteiger partial charge in [-0.25, -0.2) is 9.78 Å². The molecule has 0 atom stereocenters. The van der Waals surface area contributed by atoms with Crippen molar-refractivity contribution in [2.24, 2.45) is 0 Å². The van der Waals surface area contributed by atoms with Gasteiger partial charge in [-0.1, -0.05) is 6.07 Å². The number of benzene rings is 1. The Hall–Kier alpha value is -3.42. The molecule has 3 N–H and O–H groups in total. The third-order valence-electron chi connectivity index (χ3n) is 4.00. The maximum Gasteiger partial charge on any atom is 0.407 e. The number of alkyl carbamates (subject to hydrolysis) is 1. The monoisotopic (exact) mass is 395 g/mol. The van der Waals surface area contributed by atoms with E-state index in [1.807, 2.05) is 45.0 Å². The van der Waals surface area contributed by atoms with Crippen molar-refractivity contribution >= 4 is 45.2 Å². The summed E-state index contributed by atoms with van der Waals surface area (Å²) in [5.41, 5.74) is 0.879. The van der Waals surface area contributed by atoms with Crippen molar-refractivity contribution in [2.45, 2.75) is 33.3 Å². The highest BCUT2D eigenvalue weighted by molar-refractivity contribution is 6.10. The Balaban J connectivity index is 1.80. The number of nitrogens with one attached hydrogen (secondary N) is 3. The fourth-order valence-corrected chi connectivity index (χ4v) is 2.92. The second-order valence-corrected chi connectivity index (χ2v) is 7.65. The molecule has 29 heavy (non-hydrogen) atoms. The highest BCUT2D eigenvalue weighted by Crippen LogP contribution is 2.30. The molecule has 0 bridgehead atoms. The average Bonchev–Trinajstić information content (AvgIpc) is 2.63. The smallest absolute Gasteiger partial charge is 0.407 e. The molecule has 8 heteroatoms. The van der Waals surface area contributed by atoms with Crippen LogP contribution in [0.5, 0.6) is 0 Å². The lowest BCUT2D eigenvalue weighted by atomic mass is 10.1. The molecule has 3 rings (SSSR count). The van der Waals surface area contributed by atoms with Crippen LogP contribution in [-0.4, -0.2) is 40.7 Å². The Morgan fingerprint density at radius 1 is 1.07 bits per heavy atom. The third-order valence-corrected chi connectivity index (χ3v) is 4.00. The first kappa shape index (κ1) is 20.3. The van der Waals surface area contributed by atoms with Crippen LogP contribution in [0.2, 0.25) is 0 Å². The number of amides is 2. The molecular formula is C21H25N5O3. The van der Waals surface area contributed by atoms with Gasteiger partial charge in [-0.3, -0.25) is 9.78 Å². The summed E-state index contributed by atoms with van der Waals surface area (Å²) in [5.74, 6) is 0.541. The second kappa shape index (κ2) is 8.30. The standard InChI is InChI=1S/C21H25N5O3/c1-13(27)25-14-5-6-15-17-12-22-8-7-16(17)19(26-18(15)11-14)23-9-10-24-20(28)29-21(2,3)4/h5-8,11-12H,9-10H2,1-4H3,(H,23,26)(H,24,28)(H,25,27). The van der Waals surface area contributed by atoms with E-state index in [1.165, 1.54) is 6.92 Å². The van der Waals surface area contributed by atoms with Crippen LogP contribution in [0.4, 0.5) is 16.3 Å². The molecule has 0 fully saturated rings. The molecule has 0 unspecified atom stereocenters. The van der Waals surface area contributed by atoms with Crippen molar-refractivity contribution in [2.75, 3.05) is 23.7 Å². The summed E-state index contributed by atoms with van der Waals surface area (Å²) in [5, 5.41) is 11.6. The van der Waals surface area contributed by atoms with E-state index in [2.05, 4.69) is 20.9 Å². The summed E-state index contributed by atoms with van der Waals surface area (Å²) < 4.78 is 5.23. The van der Waals surface area contributed by atoms with Crippen LogP contribution in [0, 0.1) is 0 Å². The first-order chi connectivity index (χ1) is 13.7. The Morgan fingerprint density at radius 2 is 1.86 bits per heavy atom. The Bertz CT molecular complexity index is 1060. The van der Waals surface area contributed by atoms with E-state index >= 15 is 0 Å². The van der Waals surface area contributed by atoms with Crippen LogP contribution >= 0.6 is 0 Å². The van der Waals surface area contributed by atoms with Gasteiger partial charge >= 0.3 is 6.09 Å². The normalized spacial score (nSPS) is 11.3. The molecule has 0 saturated carbocycles. The minimum absolute atomic E-state index is 0.140. The van der Waals surface area contributed by atoms with Gasteiger partial charge in [0.15, 0.2) is 0 Å².